The standard InChI is InChI=1S/C12H17N3O.ClH/c1-9(16)8-15-6-4-11(12(15)13)10-3-2-5-14-7-10;/h2-3,5,7,11-12H,4,6,8,13H2,1H3;1H. The summed E-state index contributed by atoms with van der Waals surface area (Å²) in [6.07, 6.45) is 4.56. The van der Waals surface area contributed by atoms with Crippen LogP contribution in [-0.2, 0) is 4.79 Å². The summed E-state index contributed by atoms with van der Waals surface area (Å²) >= 11 is 0. The van der Waals surface area contributed by atoms with Crippen molar-refractivity contribution in [3.05, 3.63) is 30.1 Å². The molecule has 1 fully saturated rings. The van der Waals surface area contributed by atoms with E-state index in [1.54, 1.807) is 13.1 Å². The maximum Gasteiger partial charge on any atom is 0.143 e. The average molecular weight is 256 g/mol. The van der Waals surface area contributed by atoms with E-state index >= 15 is 0 Å². The lowest BCUT2D eigenvalue weighted by atomic mass is 9.98. The molecule has 0 saturated carbocycles. The van der Waals surface area contributed by atoms with Gasteiger partial charge in [-0.05, 0) is 25.0 Å². The number of carbonyl (C=O) groups is 1. The van der Waals surface area contributed by atoms with E-state index in [4.69, 9.17) is 5.73 Å². The molecule has 1 aromatic rings. The van der Waals surface area contributed by atoms with Crippen LogP contribution in [0.4, 0.5) is 0 Å². The van der Waals surface area contributed by atoms with Crippen molar-refractivity contribution in [1.29, 1.82) is 0 Å². The van der Waals surface area contributed by atoms with Crippen LogP contribution in [0.2, 0.25) is 0 Å². The maximum absolute atomic E-state index is 11.1. The van der Waals surface area contributed by atoms with E-state index in [2.05, 4.69) is 11.1 Å². The third-order valence-corrected chi connectivity index (χ3v) is 3.10. The van der Waals surface area contributed by atoms with Gasteiger partial charge in [0.2, 0.25) is 0 Å². The number of nitrogens with two attached hydrogens (primary N) is 1. The summed E-state index contributed by atoms with van der Waals surface area (Å²) in [5.41, 5.74) is 7.32. The maximum atomic E-state index is 11.1. The summed E-state index contributed by atoms with van der Waals surface area (Å²) in [6.45, 7) is 2.95. The van der Waals surface area contributed by atoms with Gasteiger partial charge in [0.05, 0.1) is 12.7 Å². The lowest BCUT2D eigenvalue weighted by molar-refractivity contribution is -0.118. The van der Waals surface area contributed by atoms with Gasteiger partial charge in [-0.2, -0.15) is 0 Å². The van der Waals surface area contributed by atoms with Gasteiger partial charge in [0, 0.05) is 24.9 Å². The number of aromatic nitrogens is 1. The number of likely N-dealkylation sites (tertiary alicyclic amines) is 1. The molecular weight excluding hydrogens is 238 g/mol. The summed E-state index contributed by atoms with van der Waals surface area (Å²) in [4.78, 5) is 17.2. The number of nitrogens with zero attached hydrogens (tertiary/aromatic N) is 2. The van der Waals surface area contributed by atoms with E-state index in [0.717, 1.165) is 13.0 Å². The first kappa shape index (κ1) is 14.1. The Hall–Kier alpha value is -0.970. The molecule has 2 atom stereocenters. The SMILES string of the molecule is CC(=O)CN1CCC(c2cccnc2)C1N.Cl. The fraction of sp³-hybridized carbons (Fsp3) is 0.500. The number of pyridine rings is 1. The predicted molar refractivity (Wildman–Crippen MR) is 69.1 cm³/mol. The minimum absolute atomic E-state index is 0. The topological polar surface area (TPSA) is 59.2 Å². The van der Waals surface area contributed by atoms with E-state index < -0.39 is 0 Å². The number of ketones is 1. The van der Waals surface area contributed by atoms with Crippen LogP contribution in [0.25, 0.3) is 0 Å². The number of carbonyl (C=O) groups excluding carboxylic acids is 1. The Kier molecular flexibility index (Phi) is 5.05. The molecule has 5 heteroatoms. The summed E-state index contributed by atoms with van der Waals surface area (Å²) < 4.78 is 0. The van der Waals surface area contributed by atoms with Crippen LogP contribution < -0.4 is 5.73 Å². The molecule has 2 N–H and O–H groups in total. The van der Waals surface area contributed by atoms with Gasteiger partial charge in [0.15, 0.2) is 0 Å². The van der Waals surface area contributed by atoms with E-state index in [9.17, 15) is 4.79 Å². The first-order chi connectivity index (χ1) is 7.68. The Morgan fingerprint density at radius 1 is 1.65 bits per heavy atom. The fourth-order valence-corrected chi connectivity index (χ4v) is 2.31. The molecular formula is C12H18ClN3O. The predicted octanol–water partition coefficient (Wildman–Crippen LogP) is 1.17. The van der Waals surface area contributed by atoms with Gasteiger partial charge in [0.25, 0.3) is 0 Å². The molecule has 0 spiro atoms. The van der Waals surface area contributed by atoms with Crippen molar-refractivity contribution in [3.63, 3.8) is 0 Å². The van der Waals surface area contributed by atoms with Crippen LogP contribution in [0, 0.1) is 0 Å². The van der Waals surface area contributed by atoms with Crippen molar-refractivity contribution in [2.75, 3.05) is 13.1 Å². The van der Waals surface area contributed by atoms with E-state index in [0.29, 0.717) is 12.5 Å². The van der Waals surface area contributed by atoms with E-state index in [1.807, 2.05) is 17.2 Å². The highest BCUT2D eigenvalue weighted by atomic mass is 35.5. The highest BCUT2D eigenvalue weighted by Crippen LogP contribution is 2.29. The zero-order valence-electron chi connectivity index (χ0n) is 9.87. The van der Waals surface area contributed by atoms with Crippen molar-refractivity contribution < 1.29 is 4.79 Å². The van der Waals surface area contributed by atoms with Gasteiger partial charge in [-0.3, -0.25) is 14.7 Å². The second-order valence-electron chi connectivity index (χ2n) is 4.34. The van der Waals surface area contributed by atoms with Crippen molar-refractivity contribution in [2.24, 2.45) is 5.73 Å². The molecule has 1 aliphatic rings. The zero-order chi connectivity index (χ0) is 11.5. The number of Topliss-reactive ketones (excluding diaryl/α,β-unsaturated/α-hetero) is 1. The lowest BCUT2D eigenvalue weighted by Crippen LogP contribution is -2.41. The smallest absolute Gasteiger partial charge is 0.143 e. The molecule has 0 radical (unpaired) electrons. The highest BCUT2D eigenvalue weighted by molar-refractivity contribution is 5.85. The van der Waals surface area contributed by atoms with Gasteiger partial charge in [-0.25, -0.2) is 0 Å². The molecule has 1 saturated heterocycles. The van der Waals surface area contributed by atoms with Gasteiger partial charge in [-0.1, -0.05) is 6.07 Å². The molecule has 0 amide bonds. The molecule has 0 bridgehead atoms. The quantitative estimate of drug-likeness (QED) is 0.881. The van der Waals surface area contributed by atoms with Gasteiger partial charge in [-0.15, -0.1) is 12.4 Å². The number of hydrogen-bond donors (Lipinski definition) is 1. The molecule has 1 aliphatic heterocycles. The van der Waals surface area contributed by atoms with Crippen LogP contribution in [0.5, 0.6) is 0 Å². The molecule has 2 unspecified atom stereocenters. The second-order valence-corrected chi connectivity index (χ2v) is 4.34. The van der Waals surface area contributed by atoms with Crippen molar-refractivity contribution in [3.8, 4) is 0 Å². The Morgan fingerprint density at radius 2 is 2.41 bits per heavy atom. The summed E-state index contributed by atoms with van der Waals surface area (Å²) in [7, 11) is 0. The normalized spacial score (nSPS) is 24.4. The minimum atomic E-state index is -0.0619. The number of hydrogen-bond acceptors (Lipinski definition) is 4. The molecule has 2 heterocycles. The Morgan fingerprint density at radius 3 is 3.00 bits per heavy atom. The molecule has 0 aromatic carbocycles. The second kappa shape index (κ2) is 6.10. The zero-order valence-corrected chi connectivity index (χ0v) is 10.7. The summed E-state index contributed by atoms with van der Waals surface area (Å²) in [5, 5.41) is 0. The van der Waals surface area contributed by atoms with Crippen LogP contribution in [0.15, 0.2) is 24.5 Å². The van der Waals surface area contributed by atoms with E-state index in [-0.39, 0.29) is 24.4 Å². The molecule has 94 valence electrons. The average Bonchev–Trinajstić information content (AvgIpc) is 2.61. The largest absolute Gasteiger partial charge is 0.315 e. The monoisotopic (exact) mass is 255 g/mol. The highest BCUT2D eigenvalue weighted by Gasteiger charge is 2.32. The fourth-order valence-electron chi connectivity index (χ4n) is 2.31. The van der Waals surface area contributed by atoms with Crippen molar-refractivity contribution in [1.82, 2.24) is 9.88 Å². The van der Waals surface area contributed by atoms with Crippen LogP contribution >= 0.6 is 12.4 Å². The first-order valence-electron chi connectivity index (χ1n) is 5.57. The molecule has 1 aromatic heterocycles. The van der Waals surface area contributed by atoms with Gasteiger partial charge in [0.1, 0.15) is 5.78 Å². The van der Waals surface area contributed by atoms with Crippen molar-refractivity contribution >= 4 is 18.2 Å². The summed E-state index contributed by atoms with van der Waals surface area (Å²) in [6, 6.07) is 3.98. The number of rotatable bonds is 3. The van der Waals surface area contributed by atoms with Crippen LogP contribution in [-0.4, -0.2) is 34.9 Å². The van der Waals surface area contributed by atoms with Gasteiger partial charge < -0.3 is 5.73 Å². The summed E-state index contributed by atoms with van der Waals surface area (Å²) in [5.74, 6) is 0.468. The molecule has 0 aliphatic carbocycles. The Bertz CT molecular complexity index is 371. The van der Waals surface area contributed by atoms with Crippen LogP contribution in [0.3, 0.4) is 0 Å². The minimum Gasteiger partial charge on any atom is -0.315 e. The van der Waals surface area contributed by atoms with Crippen molar-refractivity contribution in [2.45, 2.75) is 25.4 Å². The van der Waals surface area contributed by atoms with Crippen LogP contribution in [0.1, 0.15) is 24.8 Å². The third-order valence-electron chi connectivity index (χ3n) is 3.10. The Balaban J connectivity index is 0.00000144. The number of halogens is 1. The van der Waals surface area contributed by atoms with E-state index in [1.165, 1.54) is 5.56 Å². The molecule has 2 rings (SSSR count). The lowest BCUT2D eigenvalue weighted by Gasteiger charge is -2.23. The van der Waals surface area contributed by atoms with Gasteiger partial charge >= 0.3 is 0 Å². The molecule has 4 nitrogen and oxygen atoms in total. The third kappa shape index (κ3) is 3.25. The first-order valence-corrected chi connectivity index (χ1v) is 5.57. The Labute approximate surface area is 108 Å². The molecule has 17 heavy (non-hydrogen) atoms.